The van der Waals surface area contributed by atoms with Crippen molar-refractivity contribution in [1.82, 2.24) is 5.32 Å². The molecule has 16 heavy (non-hydrogen) atoms. The van der Waals surface area contributed by atoms with Crippen LogP contribution in [0.1, 0.15) is 40.0 Å². The Hall–Kier alpha value is -0.120. The molecule has 1 aliphatic carbocycles. The zero-order valence-corrected chi connectivity index (χ0v) is 11.0. The summed E-state index contributed by atoms with van der Waals surface area (Å²) in [4.78, 5) is 0. The van der Waals surface area contributed by atoms with Crippen molar-refractivity contribution in [2.45, 2.75) is 52.2 Å². The molecule has 2 unspecified atom stereocenters. The fourth-order valence-corrected chi connectivity index (χ4v) is 2.20. The highest BCUT2D eigenvalue weighted by atomic mass is 16.5. The summed E-state index contributed by atoms with van der Waals surface area (Å²) in [7, 11) is 0. The van der Waals surface area contributed by atoms with E-state index in [2.05, 4.69) is 26.1 Å². The summed E-state index contributed by atoms with van der Waals surface area (Å²) in [6.07, 6.45) is 4.14. The summed E-state index contributed by atoms with van der Waals surface area (Å²) in [5.74, 6) is 0.612. The van der Waals surface area contributed by atoms with Gasteiger partial charge in [-0.3, -0.25) is 0 Å². The van der Waals surface area contributed by atoms with Gasteiger partial charge in [-0.15, -0.1) is 0 Å². The third-order valence-corrected chi connectivity index (χ3v) is 2.93. The van der Waals surface area contributed by atoms with E-state index in [4.69, 9.17) is 9.47 Å². The van der Waals surface area contributed by atoms with Crippen molar-refractivity contribution < 1.29 is 9.47 Å². The third-order valence-electron chi connectivity index (χ3n) is 2.93. The number of nitrogens with one attached hydrogen (secondary N) is 1. The van der Waals surface area contributed by atoms with Crippen LogP contribution in [0, 0.1) is 5.92 Å². The average molecular weight is 229 g/mol. The minimum atomic E-state index is 0.405. The van der Waals surface area contributed by atoms with E-state index in [1.807, 2.05) is 0 Å². The summed E-state index contributed by atoms with van der Waals surface area (Å²) in [6, 6.07) is 0.565. The molecular weight excluding hydrogens is 202 g/mol. The van der Waals surface area contributed by atoms with E-state index in [1.165, 1.54) is 19.3 Å². The lowest BCUT2D eigenvalue weighted by molar-refractivity contribution is -0.00736. The highest BCUT2D eigenvalue weighted by Gasteiger charge is 2.26. The second-order valence-electron chi connectivity index (χ2n) is 4.97. The summed E-state index contributed by atoms with van der Waals surface area (Å²) in [6.45, 7) is 9.82. The molecule has 1 rings (SSSR count). The first-order chi connectivity index (χ1) is 7.74. The Labute approximate surface area is 99.9 Å². The van der Waals surface area contributed by atoms with Crippen molar-refractivity contribution >= 4 is 0 Å². The summed E-state index contributed by atoms with van der Waals surface area (Å²) >= 11 is 0. The van der Waals surface area contributed by atoms with Crippen LogP contribution in [0.2, 0.25) is 0 Å². The van der Waals surface area contributed by atoms with Gasteiger partial charge >= 0.3 is 0 Å². The quantitative estimate of drug-likeness (QED) is 0.647. The standard InChI is InChI=1S/C13H27NO2/c1-4-14-12-6-5-7-13(12)16-9-8-15-10-11(2)3/h11-14H,4-10H2,1-3H3. The lowest BCUT2D eigenvalue weighted by atomic mass is 10.2. The van der Waals surface area contributed by atoms with Crippen LogP contribution in [0.15, 0.2) is 0 Å². The maximum absolute atomic E-state index is 5.86. The van der Waals surface area contributed by atoms with Crippen molar-refractivity contribution in [1.29, 1.82) is 0 Å². The molecule has 0 aliphatic heterocycles. The van der Waals surface area contributed by atoms with Crippen molar-refractivity contribution in [3.63, 3.8) is 0 Å². The molecule has 3 nitrogen and oxygen atoms in total. The Bertz CT molecular complexity index is 173. The molecule has 0 radical (unpaired) electrons. The molecule has 0 heterocycles. The van der Waals surface area contributed by atoms with E-state index in [0.717, 1.165) is 26.4 Å². The van der Waals surface area contributed by atoms with Gasteiger partial charge in [0, 0.05) is 12.6 Å². The van der Waals surface area contributed by atoms with E-state index in [9.17, 15) is 0 Å². The summed E-state index contributed by atoms with van der Waals surface area (Å²) in [5, 5.41) is 3.49. The predicted molar refractivity (Wildman–Crippen MR) is 66.7 cm³/mol. The molecule has 96 valence electrons. The first kappa shape index (κ1) is 13.9. The predicted octanol–water partition coefficient (Wildman–Crippen LogP) is 2.21. The van der Waals surface area contributed by atoms with E-state index in [0.29, 0.717) is 18.1 Å². The lowest BCUT2D eigenvalue weighted by Crippen LogP contribution is -2.37. The second kappa shape index (κ2) is 8.04. The SMILES string of the molecule is CCNC1CCCC1OCCOCC(C)C. The number of ether oxygens (including phenoxy) is 2. The molecule has 1 fully saturated rings. The molecule has 0 amide bonds. The molecular formula is C13H27NO2. The third kappa shape index (κ3) is 5.28. The Morgan fingerprint density at radius 3 is 2.75 bits per heavy atom. The molecule has 0 spiro atoms. The largest absolute Gasteiger partial charge is 0.379 e. The molecule has 0 aromatic carbocycles. The lowest BCUT2D eigenvalue weighted by Gasteiger charge is -2.20. The summed E-state index contributed by atoms with van der Waals surface area (Å²) < 4.78 is 11.4. The van der Waals surface area contributed by atoms with Crippen LogP contribution in [0.25, 0.3) is 0 Å². The van der Waals surface area contributed by atoms with E-state index in [1.54, 1.807) is 0 Å². The second-order valence-corrected chi connectivity index (χ2v) is 4.97. The van der Waals surface area contributed by atoms with Crippen molar-refractivity contribution in [2.75, 3.05) is 26.4 Å². The van der Waals surface area contributed by atoms with E-state index in [-0.39, 0.29) is 0 Å². The van der Waals surface area contributed by atoms with Gasteiger partial charge in [-0.25, -0.2) is 0 Å². The van der Waals surface area contributed by atoms with Gasteiger partial charge in [0.1, 0.15) is 0 Å². The van der Waals surface area contributed by atoms with Crippen LogP contribution in [0.3, 0.4) is 0 Å². The smallest absolute Gasteiger partial charge is 0.0729 e. The molecule has 1 aliphatic rings. The van der Waals surface area contributed by atoms with Crippen molar-refractivity contribution in [3.05, 3.63) is 0 Å². The molecule has 3 heteroatoms. The number of rotatable bonds is 8. The van der Waals surface area contributed by atoms with E-state index >= 15 is 0 Å². The first-order valence-corrected chi connectivity index (χ1v) is 6.66. The zero-order chi connectivity index (χ0) is 11.8. The molecule has 0 bridgehead atoms. The molecule has 0 aromatic heterocycles. The van der Waals surface area contributed by atoms with Gasteiger partial charge in [-0.1, -0.05) is 20.8 Å². The highest BCUT2D eigenvalue weighted by Crippen LogP contribution is 2.21. The van der Waals surface area contributed by atoms with Crippen LogP contribution in [-0.4, -0.2) is 38.5 Å². The number of likely N-dealkylation sites (N-methyl/N-ethyl adjacent to an activating group) is 1. The molecule has 1 saturated carbocycles. The van der Waals surface area contributed by atoms with Crippen LogP contribution < -0.4 is 5.32 Å². The van der Waals surface area contributed by atoms with Gasteiger partial charge in [-0.2, -0.15) is 0 Å². The van der Waals surface area contributed by atoms with Gasteiger partial charge < -0.3 is 14.8 Å². The molecule has 1 N–H and O–H groups in total. The van der Waals surface area contributed by atoms with Crippen LogP contribution in [-0.2, 0) is 9.47 Å². The molecule has 0 saturated heterocycles. The van der Waals surface area contributed by atoms with Crippen LogP contribution in [0.5, 0.6) is 0 Å². The maximum Gasteiger partial charge on any atom is 0.0729 e. The fourth-order valence-electron chi connectivity index (χ4n) is 2.20. The molecule has 0 aromatic rings. The topological polar surface area (TPSA) is 30.5 Å². The first-order valence-electron chi connectivity index (χ1n) is 6.66. The van der Waals surface area contributed by atoms with Crippen molar-refractivity contribution in [3.8, 4) is 0 Å². The van der Waals surface area contributed by atoms with Gasteiger partial charge in [0.05, 0.1) is 19.3 Å². The Balaban J connectivity index is 2.03. The Morgan fingerprint density at radius 1 is 1.25 bits per heavy atom. The minimum absolute atomic E-state index is 0.405. The highest BCUT2D eigenvalue weighted by molar-refractivity contribution is 4.83. The van der Waals surface area contributed by atoms with Gasteiger partial charge in [0.25, 0.3) is 0 Å². The maximum atomic E-state index is 5.86. The molecule has 2 atom stereocenters. The minimum Gasteiger partial charge on any atom is -0.379 e. The van der Waals surface area contributed by atoms with Crippen molar-refractivity contribution in [2.24, 2.45) is 5.92 Å². The monoisotopic (exact) mass is 229 g/mol. The zero-order valence-electron chi connectivity index (χ0n) is 11.0. The Kier molecular flexibility index (Phi) is 7.01. The normalized spacial score (nSPS) is 25.5. The van der Waals surface area contributed by atoms with Crippen LogP contribution >= 0.6 is 0 Å². The fraction of sp³-hybridized carbons (Fsp3) is 1.00. The van der Waals surface area contributed by atoms with Crippen LogP contribution in [0.4, 0.5) is 0 Å². The number of hydrogen-bond acceptors (Lipinski definition) is 3. The van der Waals surface area contributed by atoms with Gasteiger partial charge in [0.2, 0.25) is 0 Å². The number of hydrogen-bond donors (Lipinski definition) is 1. The van der Waals surface area contributed by atoms with Gasteiger partial charge in [-0.05, 0) is 31.7 Å². The van der Waals surface area contributed by atoms with Gasteiger partial charge in [0.15, 0.2) is 0 Å². The van der Waals surface area contributed by atoms with E-state index < -0.39 is 0 Å². The summed E-state index contributed by atoms with van der Waals surface area (Å²) in [5.41, 5.74) is 0. The Morgan fingerprint density at radius 2 is 2.06 bits per heavy atom. The average Bonchev–Trinajstić information content (AvgIpc) is 2.65.